The minimum atomic E-state index is 0.141. The molecular formula is C18H25N3. The van der Waals surface area contributed by atoms with Crippen LogP contribution in [0.25, 0.3) is 10.9 Å². The first kappa shape index (κ1) is 15.6. The van der Waals surface area contributed by atoms with Crippen molar-refractivity contribution in [2.45, 2.75) is 58.7 Å². The van der Waals surface area contributed by atoms with Gasteiger partial charge in [-0.15, -0.1) is 0 Å². The maximum atomic E-state index is 8.57. The van der Waals surface area contributed by atoms with Crippen LogP contribution in [-0.4, -0.2) is 10.1 Å². The molecule has 1 aromatic heterocycles. The number of unbranched alkanes of at least 4 members (excludes halogenated alkanes) is 2. The maximum Gasteiger partial charge on any atom is 0.0621 e. The predicted octanol–water partition coefficient (Wildman–Crippen LogP) is 4.22. The van der Waals surface area contributed by atoms with Crippen LogP contribution >= 0.6 is 0 Å². The van der Waals surface area contributed by atoms with Crippen LogP contribution in [0.1, 0.15) is 45.6 Å². The van der Waals surface area contributed by atoms with Gasteiger partial charge < -0.3 is 9.88 Å². The van der Waals surface area contributed by atoms with Crippen LogP contribution in [0.5, 0.6) is 0 Å². The third-order valence-corrected chi connectivity index (χ3v) is 3.60. The Morgan fingerprint density at radius 3 is 2.71 bits per heavy atom. The molecule has 1 heterocycles. The van der Waals surface area contributed by atoms with E-state index >= 15 is 0 Å². The summed E-state index contributed by atoms with van der Waals surface area (Å²) in [6.45, 7) is 8.44. The molecule has 2 rings (SSSR count). The lowest BCUT2D eigenvalue weighted by Crippen LogP contribution is -2.35. The zero-order valence-electron chi connectivity index (χ0n) is 13.3. The number of aromatic nitrogens is 1. The first-order valence-corrected chi connectivity index (χ1v) is 7.69. The molecule has 0 bridgehead atoms. The van der Waals surface area contributed by atoms with E-state index in [9.17, 15) is 0 Å². The van der Waals surface area contributed by atoms with Gasteiger partial charge in [0.25, 0.3) is 0 Å². The number of nitriles is 1. The molecule has 112 valence electrons. The molecule has 0 saturated carbocycles. The zero-order valence-corrected chi connectivity index (χ0v) is 13.3. The average Bonchev–Trinajstić information content (AvgIpc) is 2.83. The Morgan fingerprint density at radius 1 is 1.19 bits per heavy atom. The van der Waals surface area contributed by atoms with Crippen molar-refractivity contribution in [2.75, 3.05) is 0 Å². The topological polar surface area (TPSA) is 40.8 Å². The smallest absolute Gasteiger partial charge is 0.0621 e. The van der Waals surface area contributed by atoms with E-state index in [-0.39, 0.29) is 5.54 Å². The summed E-state index contributed by atoms with van der Waals surface area (Å²) in [6, 6.07) is 11.1. The van der Waals surface area contributed by atoms with Gasteiger partial charge in [-0.25, -0.2) is 0 Å². The molecule has 1 N–H and O–H groups in total. The van der Waals surface area contributed by atoms with Gasteiger partial charge in [-0.2, -0.15) is 5.26 Å². The molecule has 1 aromatic carbocycles. The maximum absolute atomic E-state index is 8.57. The molecule has 0 fully saturated rings. The summed E-state index contributed by atoms with van der Waals surface area (Å²) in [5.41, 5.74) is 2.74. The number of hydrogen-bond donors (Lipinski definition) is 1. The molecule has 0 aliphatic carbocycles. The Hall–Kier alpha value is -1.79. The summed E-state index contributed by atoms with van der Waals surface area (Å²) in [5, 5.41) is 13.4. The van der Waals surface area contributed by atoms with Crippen molar-refractivity contribution in [3.63, 3.8) is 0 Å². The average molecular weight is 283 g/mol. The molecular weight excluding hydrogens is 258 g/mol. The molecule has 0 amide bonds. The van der Waals surface area contributed by atoms with Gasteiger partial charge in [0.1, 0.15) is 0 Å². The van der Waals surface area contributed by atoms with E-state index in [0.29, 0.717) is 6.42 Å². The number of aryl methyl sites for hydroxylation is 1. The van der Waals surface area contributed by atoms with Crippen LogP contribution in [0, 0.1) is 11.3 Å². The number of fused-ring (bicyclic) bond motifs is 1. The van der Waals surface area contributed by atoms with Crippen LogP contribution < -0.4 is 5.32 Å². The fourth-order valence-electron chi connectivity index (χ4n) is 2.41. The summed E-state index contributed by atoms with van der Waals surface area (Å²) in [5.74, 6) is 0. The van der Waals surface area contributed by atoms with Crippen LogP contribution in [0.4, 0.5) is 0 Å². The molecule has 0 spiro atoms. The Morgan fingerprint density at radius 2 is 2.00 bits per heavy atom. The molecule has 0 aliphatic heterocycles. The number of rotatable bonds is 6. The molecule has 2 aromatic rings. The Kier molecular flexibility index (Phi) is 5.03. The van der Waals surface area contributed by atoms with Gasteiger partial charge in [-0.05, 0) is 62.8 Å². The van der Waals surface area contributed by atoms with Gasteiger partial charge in [-0.3, -0.25) is 0 Å². The first-order chi connectivity index (χ1) is 9.99. The van der Waals surface area contributed by atoms with Crippen molar-refractivity contribution >= 4 is 10.9 Å². The molecule has 0 unspecified atom stereocenters. The highest BCUT2D eigenvalue weighted by Crippen LogP contribution is 2.19. The lowest BCUT2D eigenvalue weighted by atomic mass is 10.1. The van der Waals surface area contributed by atoms with Crippen molar-refractivity contribution in [1.29, 1.82) is 5.26 Å². The Balaban J connectivity index is 2.03. The fourth-order valence-corrected chi connectivity index (χ4v) is 2.41. The highest BCUT2D eigenvalue weighted by Gasteiger charge is 2.09. The van der Waals surface area contributed by atoms with Gasteiger partial charge in [0.2, 0.25) is 0 Å². The van der Waals surface area contributed by atoms with Gasteiger partial charge in [0.05, 0.1) is 6.07 Å². The largest absolute Gasteiger partial charge is 0.347 e. The molecule has 0 atom stereocenters. The summed E-state index contributed by atoms with van der Waals surface area (Å²) in [4.78, 5) is 0. The monoisotopic (exact) mass is 283 g/mol. The molecule has 21 heavy (non-hydrogen) atoms. The SMILES string of the molecule is CC(C)(C)NCc1ccc2c(ccn2CCCCC#N)c1. The zero-order chi connectivity index (χ0) is 15.3. The lowest BCUT2D eigenvalue weighted by molar-refractivity contribution is 0.424. The Labute approximate surface area is 127 Å². The second-order valence-electron chi connectivity index (χ2n) is 6.62. The lowest BCUT2D eigenvalue weighted by Gasteiger charge is -2.20. The molecule has 0 radical (unpaired) electrons. The predicted molar refractivity (Wildman–Crippen MR) is 88.0 cm³/mol. The number of hydrogen-bond acceptors (Lipinski definition) is 2. The normalized spacial score (nSPS) is 11.7. The number of benzene rings is 1. The quantitative estimate of drug-likeness (QED) is 0.806. The Bertz CT molecular complexity index is 626. The number of nitrogens with zero attached hydrogens (tertiary/aromatic N) is 2. The first-order valence-electron chi connectivity index (χ1n) is 7.69. The summed E-state index contributed by atoms with van der Waals surface area (Å²) in [6.07, 6.45) is 4.84. The van der Waals surface area contributed by atoms with E-state index in [0.717, 1.165) is 25.9 Å². The van der Waals surface area contributed by atoms with Crippen LogP contribution in [0.3, 0.4) is 0 Å². The van der Waals surface area contributed by atoms with E-state index in [1.54, 1.807) is 0 Å². The van der Waals surface area contributed by atoms with Crippen molar-refractivity contribution < 1.29 is 0 Å². The highest BCUT2D eigenvalue weighted by molar-refractivity contribution is 5.80. The van der Waals surface area contributed by atoms with E-state index in [2.05, 4.69) is 67.2 Å². The van der Waals surface area contributed by atoms with Gasteiger partial charge in [0.15, 0.2) is 0 Å². The van der Waals surface area contributed by atoms with E-state index in [1.807, 2.05) is 0 Å². The molecule has 0 saturated heterocycles. The van der Waals surface area contributed by atoms with Gasteiger partial charge in [0, 0.05) is 36.8 Å². The van der Waals surface area contributed by atoms with Crippen molar-refractivity contribution in [1.82, 2.24) is 9.88 Å². The van der Waals surface area contributed by atoms with Crippen LogP contribution in [0.2, 0.25) is 0 Å². The third-order valence-electron chi connectivity index (χ3n) is 3.60. The van der Waals surface area contributed by atoms with Crippen molar-refractivity contribution in [2.24, 2.45) is 0 Å². The standard InChI is InChI=1S/C18H25N3/c1-18(2,3)20-14-15-7-8-17-16(13-15)9-12-21(17)11-6-4-5-10-19/h7-9,12-13,20H,4-6,11,14H2,1-3H3. The van der Waals surface area contributed by atoms with E-state index in [1.165, 1.54) is 16.5 Å². The van der Waals surface area contributed by atoms with Crippen molar-refractivity contribution in [3.8, 4) is 6.07 Å². The molecule has 0 aliphatic rings. The third kappa shape index (κ3) is 4.61. The number of nitrogens with one attached hydrogen (secondary N) is 1. The fraction of sp³-hybridized carbons (Fsp3) is 0.500. The van der Waals surface area contributed by atoms with Crippen molar-refractivity contribution in [3.05, 3.63) is 36.0 Å². The minimum absolute atomic E-state index is 0.141. The minimum Gasteiger partial charge on any atom is -0.347 e. The molecule has 3 nitrogen and oxygen atoms in total. The van der Waals surface area contributed by atoms with Crippen LogP contribution in [-0.2, 0) is 13.1 Å². The van der Waals surface area contributed by atoms with E-state index in [4.69, 9.17) is 5.26 Å². The summed E-state index contributed by atoms with van der Waals surface area (Å²) >= 11 is 0. The van der Waals surface area contributed by atoms with E-state index < -0.39 is 0 Å². The summed E-state index contributed by atoms with van der Waals surface area (Å²) in [7, 11) is 0. The van der Waals surface area contributed by atoms with Crippen LogP contribution in [0.15, 0.2) is 30.5 Å². The summed E-state index contributed by atoms with van der Waals surface area (Å²) < 4.78 is 2.29. The second kappa shape index (κ2) is 6.78. The van der Waals surface area contributed by atoms with Gasteiger partial charge >= 0.3 is 0 Å². The van der Waals surface area contributed by atoms with Gasteiger partial charge in [-0.1, -0.05) is 6.07 Å². The second-order valence-corrected chi connectivity index (χ2v) is 6.62. The molecule has 3 heteroatoms. The highest BCUT2D eigenvalue weighted by atomic mass is 15.0.